The molecule has 2 amide bonds. The van der Waals surface area contributed by atoms with Crippen LogP contribution in [0.1, 0.15) is 0 Å². The molecule has 1 aliphatic rings. The molecular formula is C20H13F3N4O2. The molecule has 9 heteroatoms. The highest BCUT2D eigenvalue weighted by atomic mass is 19.3. The van der Waals surface area contributed by atoms with Gasteiger partial charge in [-0.3, -0.25) is 14.8 Å². The van der Waals surface area contributed by atoms with Crippen molar-refractivity contribution in [2.24, 2.45) is 0 Å². The van der Waals surface area contributed by atoms with Gasteiger partial charge in [-0.05, 0) is 12.1 Å². The second kappa shape index (κ2) is 7.31. The van der Waals surface area contributed by atoms with E-state index < -0.39 is 24.5 Å². The van der Waals surface area contributed by atoms with Gasteiger partial charge in [0.1, 0.15) is 11.8 Å². The lowest BCUT2D eigenvalue weighted by Gasteiger charge is -2.21. The van der Waals surface area contributed by atoms with Crippen molar-refractivity contribution >= 4 is 28.2 Å². The van der Waals surface area contributed by atoms with Gasteiger partial charge in [-0.25, -0.2) is 9.18 Å². The number of aromatic nitrogens is 1. The average Bonchev–Trinajstić information content (AvgIpc) is 3.03. The lowest BCUT2D eigenvalue weighted by Crippen LogP contribution is -2.35. The first kappa shape index (κ1) is 18.6. The molecule has 0 spiro atoms. The van der Waals surface area contributed by atoms with Gasteiger partial charge < -0.3 is 4.74 Å². The summed E-state index contributed by atoms with van der Waals surface area (Å²) in [5.74, 6) is -1.27. The molecule has 3 aromatic rings. The van der Waals surface area contributed by atoms with Gasteiger partial charge >= 0.3 is 12.6 Å². The number of alkyl halides is 2. The number of ether oxygens (including phenoxy) is 1. The minimum absolute atomic E-state index is 0.0927. The van der Waals surface area contributed by atoms with Crippen LogP contribution in [0, 0.1) is 17.1 Å². The molecule has 0 saturated carbocycles. The van der Waals surface area contributed by atoms with Gasteiger partial charge in [-0.2, -0.15) is 14.0 Å². The Balaban J connectivity index is 1.73. The summed E-state index contributed by atoms with van der Waals surface area (Å²) in [7, 11) is 0. The number of pyridine rings is 1. The standard InChI is InChI=1S/C20H13F3N4O2/c21-16-7-14(29-19(22)23)5-6-17(16)26-11-13(8-24)27(20(26)28)18-10-25-9-12-3-1-2-4-15(12)18/h1-7,9-10,13,19H,11H2/t13-/m1/s1. The fourth-order valence-electron chi connectivity index (χ4n) is 3.34. The van der Waals surface area contributed by atoms with Crippen molar-refractivity contribution < 1.29 is 22.7 Å². The molecule has 1 aliphatic heterocycles. The highest BCUT2D eigenvalue weighted by Gasteiger charge is 2.41. The zero-order valence-electron chi connectivity index (χ0n) is 14.8. The maximum absolute atomic E-state index is 14.5. The van der Waals surface area contributed by atoms with Gasteiger partial charge in [0, 0.05) is 23.0 Å². The van der Waals surface area contributed by atoms with E-state index >= 15 is 0 Å². The number of urea groups is 1. The summed E-state index contributed by atoms with van der Waals surface area (Å²) in [5.41, 5.74) is 0.299. The fourth-order valence-corrected chi connectivity index (χ4v) is 3.34. The summed E-state index contributed by atoms with van der Waals surface area (Å²) in [5, 5.41) is 11.1. The SMILES string of the molecule is N#C[C@@H]1CN(c2ccc(OC(F)F)cc2F)C(=O)N1c1cncc2ccccc12. The van der Waals surface area contributed by atoms with E-state index in [2.05, 4.69) is 15.8 Å². The molecule has 0 unspecified atom stereocenters. The van der Waals surface area contributed by atoms with Crippen LogP contribution in [-0.4, -0.2) is 30.2 Å². The molecule has 2 aromatic carbocycles. The monoisotopic (exact) mass is 398 g/mol. The number of carbonyl (C=O) groups is 1. The molecule has 0 N–H and O–H groups in total. The van der Waals surface area contributed by atoms with Gasteiger partial charge in [-0.15, -0.1) is 0 Å². The number of nitrogens with zero attached hydrogens (tertiary/aromatic N) is 4. The first-order valence-electron chi connectivity index (χ1n) is 8.57. The topological polar surface area (TPSA) is 69.5 Å². The van der Waals surface area contributed by atoms with E-state index in [0.717, 1.165) is 27.8 Å². The summed E-state index contributed by atoms with van der Waals surface area (Å²) in [6, 6.07) is 10.9. The predicted molar refractivity (Wildman–Crippen MR) is 99.4 cm³/mol. The molecular weight excluding hydrogens is 385 g/mol. The summed E-state index contributed by atoms with van der Waals surface area (Å²) in [4.78, 5) is 19.6. The molecule has 1 atom stereocenters. The molecule has 6 nitrogen and oxygen atoms in total. The van der Waals surface area contributed by atoms with Crippen molar-refractivity contribution in [3.05, 3.63) is 60.7 Å². The van der Waals surface area contributed by atoms with Crippen molar-refractivity contribution in [1.82, 2.24) is 4.98 Å². The molecule has 0 aliphatic carbocycles. The third kappa shape index (κ3) is 3.29. The lowest BCUT2D eigenvalue weighted by atomic mass is 10.1. The van der Waals surface area contributed by atoms with Gasteiger partial charge in [0.05, 0.1) is 30.2 Å². The van der Waals surface area contributed by atoms with Crippen molar-refractivity contribution in [3.8, 4) is 11.8 Å². The van der Waals surface area contributed by atoms with Crippen LogP contribution >= 0.6 is 0 Å². The van der Waals surface area contributed by atoms with E-state index in [1.807, 2.05) is 12.1 Å². The smallest absolute Gasteiger partial charge is 0.387 e. The molecule has 1 aromatic heterocycles. The van der Waals surface area contributed by atoms with Gasteiger partial charge in [0.15, 0.2) is 5.82 Å². The molecule has 0 radical (unpaired) electrons. The average molecular weight is 398 g/mol. The number of fused-ring (bicyclic) bond motifs is 1. The number of anilines is 2. The van der Waals surface area contributed by atoms with E-state index in [1.165, 1.54) is 17.2 Å². The van der Waals surface area contributed by atoms with Gasteiger partial charge in [0.2, 0.25) is 0 Å². The summed E-state index contributed by atoms with van der Waals surface area (Å²) in [6.45, 7) is -3.18. The van der Waals surface area contributed by atoms with E-state index in [1.54, 1.807) is 18.3 Å². The zero-order chi connectivity index (χ0) is 20.5. The van der Waals surface area contributed by atoms with Crippen molar-refractivity contribution in [2.45, 2.75) is 12.7 Å². The minimum atomic E-state index is -3.09. The van der Waals surface area contributed by atoms with Crippen molar-refractivity contribution in [1.29, 1.82) is 5.26 Å². The number of rotatable bonds is 4. The van der Waals surface area contributed by atoms with Crippen molar-refractivity contribution in [2.75, 3.05) is 16.3 Å². The van der Waals surface area contributed by atoms with Gasteiger partial charge in [0.25, 0.3) is 0 Å². The number of amides is 2. The Morgan fingerprint density at radius 2 is 1.97 bits per heavy atom. The first-order valence-corrected chi connectivity index (χ1v) is 8.57. The molecule has 146 valence electrons. The van der Waals surface area contributed by atoms with Crippen LogP contribution in [0.4, 0.5) is 29.3 Å². The Morgan fingerprint density at radius 1 is 1.17 bits per heavy atom. The Hall–Kier alpha value is -3.80. The molecule has 4 rings (SSSR count). The highest BCUT2D eigenvalue weighted by molar-refractivity contribution is 6.11. The molecule has 1 saturated heterocycles. The molecule has 29 heavy (non-hydrogen) atoms. The van der Waals surface area contributed by atoms with Crippen molar-refractivity contribution in [3.63, 3.8) is 0 Å². The van der Waals surface area contributed by atoms with Gasteiger partial charge in [-0.1, -0.05) is 24.3 Å². The number of hydrogen-bond acceptors (Lipinski definition) is 4. The highest BCUT2D eigenvalue weighted by Crippen LogP contribution is 2.34. The number of nitriles is 1. The largest absolute Gasteiger partial charge is 0.435 e. The van der Waals surface area contributed by atoms with E-state index in [0.29, 0.717) is 5.69 Å². The molecule has 1 fully saturated rings. The minimum Gasteiger partial charge on any atom is -0.435 e. The maximum atomic E-state index is 14.5. The van der Waals surface area contributed by atoms with Crippen LogP contribution in [0.15, 0.2) is 54.9 Å². The Morgan fingerprint density at radius 3 is 2.69 bits per heavy atom. The molecule has 0 bridgehead atoms. The Labute approximate surface area is 163 Å². The summed E-state index contributed by atoms with van der Waals surface area (Å²) >= 11 is 0. The second-order valence-electron chi connectivity index (χ2n) is 6.28. The molecule has 2 heterocycles. The lowest BCUT2D eigenvalue weighted by molar-refractivity contribution is -0.0499. The zero-order valence-corrected chi connectivity index (χ0v) is 14.8. The third-order valence-electron chi connectivity index (χ3n) is 4.60. The summed E-state index contributed by atoms with van der Waals surface area (Å²) < 4.78 is 43.3. The van der Waals surface area contributed by atoms with Crippen LogP contribution in [0.5, 0.6) is 5.75 Å². The van der Waals surface area contributed by atoms with E-state index in [9.17, 15) is 23.2 Å². The van der Waals surface area contributed by atoms with Crippen LogP contribution in [-0.2, 0) is 0 Å². The van der Waals surface area contributed by atoms with E-state index in [4.69, 9.17) is 0 Å². The summed E-state index contributed by atoms with van der Waals surface area (Å²) in [6.07, 6.45) is 3.12. The maximum Gasteiger partial charge on any atom is 0.387 e. The first-order chi connectivity index (χ1) is 14.0. The third-order valence-corrected chi connectivity index (χ3v) is 4.60. The Kier molecular flexibility index (Phi) is 4.68. The fraction of sp³-hybridized carbons (Fsp3) is 0.150. The van der Waals surface area contributed by atoms with E-state index in [-0.39, 0.29) is 18.0 Å². The number of halogens is 3. The van der Waals surface area contributed by atoms with Crippen LogP contribution < -0.4 is 14.5 Å². The number of carbonyl (C=O) groups excluding carboxylic acids is 1. The predicted octanol–water partition coefficient (Wildman–Crippen LogP) is 4.31. The van der Waals surface area contributed by atoms with Crippen LogP contribution in [0.3, 0.4) is 0 Å². The normalized spacial score (nSPS) is 16.5. The second-order valence-corrected chi connectivity index (χ2v) is 6.28. The quantitative estimate of drug-likeness (QED) is 0.657. The number of hydrogen-bond donors (Lipinski definition) is 0. The van der Waals surface area contributed by atoms with Crippen LogP contribution in [0.25, 0.3) is 10.8 Å². The number of benzene rings is 2. The Bertz CT molecular complexity index is 1130. The van der Waals surface area contributed by atoms with Crippen LogP contribution in [0.2, 0.25) is 0 Å².